The van der Waals surface area contributed by atoms with Gasteiger partial charge in [0.15, 0.2) is 0 Å². The van der Waals surface area contributed by atoms with Gasteiger partial charge in [-0.1, -0.05) is 11.6 Å². The van der Waals surface area contributed by atoms with Crippen LogP contribution in [0.15, 0.2) is 12.3 Å². The molecule has 6 heteroatoms. The highest BCUT2D eigenvalue weighted by molar-refractivity contribution is 6.32. The molecule has 1 aliphatic rings. The highest BCUT2D eigenvalue weighted by Gasteiger charge is 2.18. The van der Waals surface area contributed by atoms with E-state index in [0.29, 0.717) is 18.2 Å². The van der Waals surface area contributed by atoms with Crippen molar-refractivity contribution in [3.05, 3.63) is 23.0 Å². The molecule has 1 aromatic heterocycles. The third-order valence-corrected chi connectivity index (χ3v) is 3.17. The fourth-order valence-electron chi connectivity index (χ4n) is 1.79. The van der Waals surface area contributed by atoms with Crippen LogP contribution in [0, 0.1) is 5.92 Å². The summed E-state index contributed by atoms with van der Waals surface area (Å²) in [5, 5.41) is 0.112. The number of nitrogens with zero attached hydrogens (tertiary/aromatic N) is 1. The molecule has 0 spiro atoms. The summed E-state index contributed by atoms with van der Waals surface area (Å²) in [6.07, 6.45) is 3.23. The van der Waals surface area contributed by atoms with Gasteiger partial charge in [-0.3, -0.25) is 0 Å². The molecule has 0 unspecified atom stereocenters. The Labute approximate surface area is 110 Å². The molecule has 1 aromatic rings. The summed E-state index contributed by atoms with van der Waals surface area (Å²) in [5.74, 6) is -0.123. The fraction of sp³-hybridized carbons (Fsp3) is 0.500. The second kappa shape index (κ2) is 6.02. The molecule has 0 atom stereocenters. The van der Waals surface area contributed by atoms with Gasteiger partial charge in [-0.05, 0) is 24.8 Å². The van der Waals surface area contributed by atoms with Crippen LogP contribution in [0.2, 0.25) is 5.15 Å². The second-order valence-corrected chi connectivity index (χ2v) is 4.62. The van der Waals surface area contributed by atoms with E-state index in [1.54, 1.807) is 0 Å². The lowest BCUT2D eigenvalue weighted by Crippen LogP contribution is -2.22. The first kappa shape index (κ1) is 13.1. The quantitative estimate of drug-likeness (QED) is 0.671. The number of rotatable bonds is 3. The Morgan fingerprint density at radius 1 is 1.56 bits per heavy atom. The minimum atomic E-state index is -0.480. The SMILES string of the molecule is Nc1cnc(Cl)c(C(=O)OCC2CCOCC2)c1. The number of hydrogen-bond donors (Lipinski definition) is 1. The van der Waals surface area contributed by atoms with Crippen LogP contribution in [0.25, 0.3) is 0 Å². The monoisotopic (exact) mass is 270 g/mol. The normalized spacial score (nSPS) is 16.5. The third kappa shape index (κ3) is 3.34. The Morgan fingerprint density at radius 2 is 2.28 bits per heavy atom. The predicted molar refractivity (Wildman–Crippen MR) is 67.5 cm³/mol. The average molecular weight is 271 g/mol. The summed E-state index contributed by atoms with van der Waals surface area (Å²) in [4.78, 5) is 15.6. The van der Waals surface area contributed by atoms with Crippen molar-refractivity contribution in [1.82, 2.24) is 4.98 Å². The van der Waals surface area contributed by atoms with E-state index >= 15 is 0 Å². The largest absolute Gasteiger partial charge is 0.462 e. The van der Waals surface area contributed by atoms with Gasteiger partial charge in [0.2, 0.25) is 0 Å². The lowest BCUT2D eigenvalue weighted by Gasteiger charge is -2.21. The molecule has 0 amide bonds. The van der Waals surface area contributed by atoms with E-state index in [1.165, 1.54) is 12.3 Å². The molecule has 2 rings (SSSR count). The number of carbonyl (C=O) groups is 1. The van der Waals surface area contributed by atoms with Crippen molar-refractivity contribution in [2.75, 3.05) is 25.6 Å². The smallest absolute Gasteiger partial charge is 0.341 e. The highest BCUT2D eigenvalue weighted by Crippen LogP contribution is 2.19. The molecular formula is C12H15ClN2O3. The van der Waals surface area contributed by atoms with Crippen molar-refractivity contribution in [3.8, 4) is 0 Å². The summed E-state index contributed by atoms with van der Waals surface area (Å²) in [5.41, 5.74) is 6.16. The summed E-state index contributed by atoms with van der Waals surface area (Å²) >= 11 is 5.83. The van der Waals surface area contributed by atoms with E-state index in [1.807, 2.05) is 0 Å². The van der Waals surface area contributed by atoms with E-state index < -0.39 is 5.97 Å². The van der Waals surface area contributed by atoms with Gasteiger partial charge in [0.25, 0.3) is 0 Å². The zero-order chi connectivity index (χ0) is 13.0. The van der Waals surface area contributed by atoms with Crippen LogP contribution in [0.5, 0.6) is 0 Å². The standard InChI is InChI=1S/C12H15ClN2O3/c13-11-10(5-9(14)6-15-11)12(16)18-7-8-1-3-17-4-2-8/h5-6,8H,1-4,7,14H2. The van der Waals surface area contributed by atoms with Gasteiger partial charge >= 0.3 is 5.97 Å². The topological polar surface area (TPSA) is 74.4 Å². The third-order valence-electron chi connectivity index (χ3n) is 2.87. The molecule has 98 valence electrons. The van der Waals surface area contributed by atoms with Crippen LogP contribution >= 0.6 is 11.6 Å². The first-order valence-electron chi connectivity index (χ1n) is 5.82. The van der Waals surface area contributed by atoms with Crippen LogP contribution < -0.4 is 5.73 Å². The summed E-state index contributed by atoms with van der Waals surface area (Å²) < 4.78 is 10.5. The van der Waals surface area contributed by atoms with Crippen LogP contribution in [-0.2, 0) is 9.47 Å². The van der Waals surface area contributed by atoms with Gasteiger partial charge < -0.3 is 15.2 Å². The molecule has 1 saturated heterocycles. The molecule has 0 bridgehead atoms. The van der Waals surface area contributed by atoms with Crippen molar-refractivity contribution in [2.45, 2.75) is 12.8 Å². The molecule has 0 aliphatic carbocycles. The van der Waals surface area contributed by atoms with Gasteiger partial charge in [0.05, 0.1) is 24.1 Å². The number of esters is 1. The van der Waals surface area contributed by atoms with Crippen molar-refractivity contribution < 1.29 is 14.3 Å². The van der Waals surface area contributed by atoms with Crippen molar-refractivity contribution in [3.63, 3.8) is 0 Å². The van der Waals surface area contributed by atoms with Gasteiger partial charge in [0.1, 0.15) is 5.15 Å². The van der Waals surface area contributed by atoms with Crippen LogP contribution in [0.3, 0.4) is 0 Å². The predicted octanol–water partition coefficient (Wildman–Crippen LogP) is 1.90. The molecule has 0 aromatic carbocycles. The average Bonchev–Trinajstić information content (AvgIpc) is 2.40. The number of pyridine rings is 1. The molecule has 0 radical (unpaired) electrons. The first-order valence-corrected chi connectivity index (χ1v) is 6.20. The summed E-state index contributed by atoms with van der Waals surface area (Å²) in [6.45, 7) is 1.83. The molecule has 0 saturated carbocycles. The Bertz CT molecular complexity index is 433. The molecule has 2 heterocycles. The Hall–Kier alpha value is -1.33. The Kier molecular flexibility index (Phi) is 4.38. The maximum absolute atomic E-state index is 11.8. The van der Waals surface area contributed by atoms with Gasteiger partial charge in [-0.25, -0.2) is 9.78 Å². The molecule has 1 fully saturated rings. The molecule has 18 heavy (non-hydrogen) atoms. The zero-order valence-corrected chi connectivity index (χ0v) is 10.7. The highest BCUT2D eigenvalue weighted by atomic mass is 35.5. The van der Waals surface area contributed by atoms with E-state index in [4.69, 9.17) is 26.8 Å². The van der Waals surface area contributed by atoms with Crippen molar-refractivity contribution >= 4 is 23.3 Å². The number of hydrogen-bond acceptors (Lipinski definition) is 5. The number of halogens is 1. The summed E-state index contributed by atoms with van der Waals surface area (Å²) in [7, 11) is 0. The summed E-state index contributed by atoms with van der Waals surface area (Å²) in [6, 6.07) is 1.47. The first-order chi connectivity index (χ1) is 8.66. The van der Waals surface area contributed by atoms with E-state index in [9.17, 15) is 4.79 Å². The van der Waals surface area contributed by atoms with E-state index in [0.717, 1.165) is 26.1 Å². The van der Waals surface area contributed by atoms with Crippen LogP contribution in [0.1, 0.15) is 23.2 Å². The van der Waals surface area contributed by atoms with Crippen LogP contribution in [0.4, 0.5) is 5.69 Å². The number of carbonyl (C=O) groups excluding carboxylic acids is 1. The number of nitrogens with two attached hydrogens (primary N) is 1. The lowest BCUT2D eigenvalue weighted by atomic mass is 10.0. The number of aromatic nitrogens is 1. The molecule has 5 nitrogen and oxygen atoms in total. The van der Waals surface area contributed by atoms with E-state index in [-0.39, 0.29) is 10.7 Å². The minimum Gasteiger partial charge on any atom is -0.462 e. The minimum absolute atomic E-state index is 0.112. The number of nitrogen functional groups attached to an aromatic ring is 1. The molecule has 1 aliphatic heterocycles. The Morgan fingerprint density at radius 3 is 3.00 bits per heavy atom. The lowest BCUT2D eigenvalue weighted by molar-refractivity contribution is 0.0185. The zero-order valence-electron chi connectivity index (χ0n) is 9.89. The maximum atomic E-state index is 11.8. The van der Waals surface area contributed by atoms with Crippen molar-refractivity contribution in [1.29, 1.82) is 0 Å². The van der Waals surface area contributed by atoms with Gasteiger partial charge in [-0.2, -0.15) is 0 Å². The second-order valence-electron chi connectivity index (χ2n) is 4.26. The molecular weight excluding hydrogens is 256 g/mol. The van der Waals surface area contributed by atoms with Crippen molar-refractivity contribution in [2.24, 2.45) is 5.92 Å². The molecule has 2 N–H and O–H groups in total. The maximum Gasteiger partial charge on any atom is 0.341 e. The number of anilines is 1. The van der Waals surface area contributed by atoms with Crippen LogP contribution in [-0.4, -0.2) is 30.8 Å². The Balaban J connectivity index is 1.92. The van der Waals surface area contributed by atoms with E-state index in [2.05, 4.69) is 4.98 Å². The van der Waals surface area contributed by atoms with Gasteiger partial charge in [0, 0.05) is 13.2 Å². The fourth-order valence-corrected chi connectivity index (χ4v) is 1.97. The number of ether oxygens (including phenoxy) is 2. The van der Waals surface area contributed by atoms with Gasteiger partial charge in [-0.15, -0.1) is 0 Å².